The predicted molar refractivity (Wildman–Crippen MR) is 79.1 cm³/mol. The molecule has 1 fully saturated rings. The van der Waals surface area contributed by atoms with Crippen molar-refractivity contribution in [2.24, 2.45) is 5.41 Å². The van der Waals surface area contributed by atoms with Crippen LogP contribution in [0.4, 0.5) is 10.1 Å². The number of benzene rings is 1. The second-order valence-electron chi connectivity index (χ2n) is 6.33. The van der Waals surface area contributed by atoms with Crippen LogP contribution < -0.4 is 10.2 Å². The zero-order valence-electron chi connectivity index (χ0n) is 12.5. The minimum absolute atomic E-state index is 0.0335. The largest absolute Gasteiger partial charge is 0.371 e. The van der Waals surface area contributed by atoms with Crippen molar-refractivity contribution in [1.29, 1.82) is 0 Å². The first-order valence-corrected chi connectivity index (χ1v) is 7.15. The smallest absolute Gasteiger partial charge is 0.130 e. The van der Waals surface area contributed by atoms with E-state index in [1.807, 2.05) is 26.1 Å². The normalized spacial score (nSPS) is 20.4. The number of rotatable bonds is 3. The lowest BCUT2D eigenvalue weighted by Crippen LogP contribution is -2.38. The van der Waals surface area contributed by atoms with E-state index < -0.39 is 0 Å². The summed E-state index contributed by atoms with van der Waals surface area (Å²) in [5.74, 6) is -0.107. The second-order valence-corrected chi connectivity index (χ2v) is 6.33. The Hall–Kier alpha value is -1.09. The maximum absolute atomic E-state index is 14.1. The Morgan fingerprint density at radius 3 is 2.47 bits per heavy atom. The number of hydrogen-bond donors (Lipinski definition) is 1. The fourth-order valence-corrected chi connectivity index (χ4v) is 2.73. The molecule has 0 amide bonds. The molecule has 0 aliphatic carbocycles. The van der Waals surface area contributed by atoms with E-state index in [1.54, 1.807) is 6.07 Å². The van der Waals surface area contributed by atoms with E-state index in [0.29, 0.717) is 5.41 Å². The van der Waals surface area contributed by atoms with Crippen molar-refractivity contribution in [3.8, 4) is 0 Å². The summed E-state index contributed by atoms with van der Waals surface area (Å²) < 4.78 is 14.1. The number of anilines is 1. The molecule has 1 aromatic carbocycles. The molecule has 0 aromatic heterocycles. The molecule has 1 aromatic rings. The molecule has 1 N–H and O–H groups in total. The van der Waals surface area contributed by atoms with Gasteiger partial charge in [-0.05, 0) is 44.4 Å². The molecule has 0 spiro atoms. The topological polar surface area (TPSA) is 15.3 Å². The van der Waals surface area contributed by atoms with Crippen LogP contribution in [0.2, 0.25) is 0 Å². The van der Waals surface area contributed by atoms with Gasteiger partial charge in [0.2, 0.25) is 0 Å². The number of nitrogens with one attached hydrogen (secondary N) is 1. The molecule has 1 unspecified atom stereocenters. The minimum Gasteiger partial charge on any atom is -0.371 e. The van der Waals surface area contributed by atoms with E-state index in [9.17, 15) is 4.39 Å². The fraction of sp³-hybridized carbons (Fsp3) is 0.625. The minimum atomic E-state index is -0.107. The first-order chi connectivity index (χ1) is 8.94. The highest BCUT2D eigenvalue weighted by molar-refractivity contribution is 5.56. The highest BCUT2D eigenvalue weighted by Gasteiger charge is 2.27. The number of halogens is 1. The second kappa shape index (κ2) is 5.49. The highest BCUT2D eigenvalue weighted by atomic mass is 19.1. The molecule has 1 aliphatic rings. The Morgan fingerprint density at radius 1 is 1.26 bits per heavy atom. The van der Waals surface area contributed by atoms with Crippen molar-refractivity contribution in [2.75, 3.05) is 25.0 Å². The first-order valence-electron chi connectivity index (χ1n) is 7.15. The van der Waals surface area contributed by atoms with E-state index in [1.165, 1.54) is 0 Å². The molecule has 1 atom stereocenters. The van der Waals surface area contributed by atoms with Gasteiger partial charge in [0.05, 0.1) is 0 Å². The van der Waals surface area contributed by atoms with Crippen molar-refractivity contribution in [3.63, 3.8) is 0 Å². The van der Waals surface area contributed by atoms with Crippen LogP contribution in [-0.2, 0) is 0 Å². The average molecular weight is 264 g/mol. The van der Waals surface area contributed by atoms with Crippen LogP contribution in [0.15, 0.2) is 18.2 Å². The van der Waals surface area contributed by atoms with Crippen molar-refractivity contribution >= 4 is 5.69 Å². The quantitative estimate of drug-likeness (QED) is 0.895. The van der Waals surface area contributed by atoms with Crippen LogP contribution >= 0.6 is 0 Å². The van der Waals surface area contributed by atoms with Crippen LogP contribution in [0.5, 0.6) is 0 Å². The maximum Gasteiger partial charge on any atom is 0.130 e. The van der Waals surface area contributed by atoms with Crippen molar-refractivity contribution < 1.29 is 4.39 Å². The third-order valence-corrected chi connectivity index (χ3v) is 4.35. The van der Waals surface area contributed by atoms with Crippen LogP contribution in [0.1, 0.15) is 45.2 Å². The van der Waals surface area contributed by atoms with Gasteiger partial charge >= 0.3 is 0 Å². The number of nitrogens with zero attached hydrogens (tertiary/aromatic N) is 1. The summed E-state index contributed by atoms with van der Waals surface area (Å²) >= 11 is 0. The summed E-state index contributed by atoms with van der Waals surface area (Å²) in [7, 11) is 1.88. The van der Waals surface area contributed by atoms with Crippen LogP contribution in [0.3, 0.4) is 0 Å². The Morgan fingerprint density at radius 2 is 1.89 bits per heavy atom. The van der Waals surface area contributed by atoms with Gasteiger partial charge in [-0.15, -0.1) is 0 Å². The zero-order valence-corrected chi connectivity index (χ0v) is 12.5. The van der Waals surface area contributed by atoms with Gasteiger partial charge in [0.15, 0.2) is 0 Å². The van der Waals surface area contributed by atoms with Gasteiger partial charge in [0, 0.05) is 30.4 Å². The van der Waals surface area contributed by atoms with E-state index in [2.05, 4.69) is 24.1 Å². The van der Waals surface area contributed by atoms with Crippen LogP contribution in [0, 0.1) is 11.2 Å². The molecule has 2 rings (SSSR count). The van der Waals surface area contributed by atoms with E-state index in [-0.39, 0.29) is 11.9 Å². The summed E-state index contributed by atoms with van der Waals surface area (Å²) in [6, 6.07) is 5.45. The van der Waals surface area contributed by atoms with Crippen LogP contribution in [0.25, 0.3) is 0 Å². The average Bonchev–Trinajstić information content (AvgIpc) is 2.37. The number of hydrogen-bond acceptors (Lipinski definition) is 2. The zero-order chi connectivity index (χ0) is 14.0. The molecule has 1 saturated heterocycles. The van der Waals surface area contributed by atoms with E-state index in [0.717, 1.165) is 37.2 Å². The lowest BCUT2D eigenvalue weighted by atomic mass is 9.82. The van der Waals surface area contributed by atoms with Gasteiger partial charge in [0.25, 0.3) is 0 Å². The Balaban J connectivity index is 2.28. The van der Waals surface area contributed by atoms with Crippen molar-refractivity contribution in [2.45, 2.75) is 39.7 Å². The van der Waals surface area contributed by atoms with Gasteiger partial charge in [-0.25, -0.2) is 4.39 Å². The Bertz CT molecular complexity index is 432. The molecule has 1 aliphatic heterocycles. The van der Waals surface area contributed by atoms with E-state index in [4.69, 9.17) is 0 Å². The molecule has 2 nitrogen and oxygen atoms in total. The maximum atomic E-state index is 14.1. The summed E-state index contributed by atoms with van der Waals surface area (Å²) in [5.41, 5.74) is 2.26. The third-order valence-electron chi connectivity index (χ3n) is 4.35. The van der Waals surface area contributed by atoms with Gasteiger partial charge in [-0.3, -0.25) is 0 Å². The summed E-state index contributed by atoms with van der Waals surface area (Å²) in [6.45, 7) is 8.66. The highest BCUT2D eigenvalue weighted by Crippen LogP contribution is 2.35. The Kier molecular flexibility index (Phi) is 4.14. The lowest BCUT2D eigenvalue weighted by molar-refractivity contribution is 0.279. The Labute approximate surface area is 116 Å². The standard InChI is InChI=1S/C16H25FN2/c1-12(18-4)15-13(17)6-5-7-14(15)19-10-8-16(2,3)9-11-19/h5-7,12,18H,8-11H2,1-4H3. The molecule has 0 bridgehead atoms. The predicted octanol–water partition coefficient (Wildman–Crippen LogP) is 3.73. The molecule has 0 radical (unpaired) electrons. The molecular weight excluding hydrogens is 239 g/mol. The lowest BCUT2D eigenvalue weighted by Gasteiger charge is -2.39. The fourth-order valence-electron chi connectivity index (χ4n) is 2.73. The van der Waals surface area contributed by atoms with Crippen molar-refractivity contribution in [1.82, 2.24) is 5.32 Å². The van der Waals surface area contributed by atoms with Gasteiger partial charge in [0.1, 0.15) is 5.82 Å². The number of piperidine rings is 1. The van der Waals surface area contributed by atoms with Gasteiger partial charge in [-0.1, -0.05) is 19.9 Å². The van der Waals surface area contributed by atoms with E-state index >= 15 is 0 Å². The molecular formula is C16H25FN2. The third kappa shape index (κ3) is 3.08. The molecule has 3 heteroatoms. The van der Waals surface area contributed by atoms with Crippen molar-refractivity contribution in [3.05, 3.63) is 29.6 Å². The summed E-state index contributed by atoms with van der Waals surface area (Å²) in [6.07, 6.45) is 2.33. The van der Waals surface area contributed by atoms with Gasteiger partial charge < -0.3 is 10.2 Å². The monoisotopic (exact) mass is 264 g/mol. The summed E-state index contributed by atoms with van der Waals surface area (Å²) in [4.78, 5) is 2.33. The van der Waals surface area contributed by atoms with Gasteiger partial charge in [-0.2, -0.15) is 0 Å². The first kappa shape index (κ1) is 14.3. The van der Waals surface area contributed by atoms with Crippen LogP contribution in [-0.4, -0.2) is 20.1 Å². The molecule has 0 saturated carbocycles. The SMILES string of the molecule is CNC(C)c1c(F)cccc1N1CCC(C)(C)CC1. The molecule has 19 heavy (non-hydrogen) atoms. The summed E-state index contributed by atoms with van der Waals surface area (Å²) in [5, 5.41) is 3.15. The molecule has 1 heterocycles. The molecule has 106 valence electrons.